The Balaban J connectivity index is 2.11. The van der Waals surface area contributed by atoms with Gasteiger partial charge in [0.25, 0.3) is 0 Å². The molecule has 1 aliphatic heterocycles. The average Bonchev–Trinajstić information content (AvgIpc) is 2.78. The van der Waals surface area contributed by atoms with Gasteiger partial charge in [-0.15, -0.1) is 0 Å². The molecule has 2 aromatic carbocycles. The minimum Gasteiger partial charge on any atom is -0.493 e. The highest BCUT2D eigenvalue weighted by Gasteiger charge is 2.32. The molecule has 0 spiro atoms. The molecule has 0 amide bonds. The lowest BCUT2D eigenvalue weighted by molar-refractivity contribution is 0.219. The van der Waals surface area contributed by atoms with Crippen LogP contribution < -0.4 is 28.4 Å². The molecule has 30 heavy (non-hydrogen) atoms. The predicted octanol–water partition coefficient (Wildman–Crippen LogP) is 3.51. The van der Waals surface area contributed by atoms with E-state index in [9.17, 15) is 0 Å². The Bertz CT molecular complexity index is 873. The van der Waals surface area contributed by atoms with E-state index in [-0.39, 0.29) is 6.04 Å². The first kappa shape index (κ1) is 21.9. The van der Waals surface area contributed by atoms with Crippen molar-refractivity contribution in [2.45, 2.75) is 18.9 Å². The lowest BCUT2D eigenvalue weighted by Gasteiger charge is -2.36. The number of hydrogen-bond acceptors (Lipinski definition) is 7. The molecule has 2 aromatic rings. The Kier molecular flexibility index (Phi) is 6.82. The van der Waals surface area contributed by atoms with Gasteiger partial charge in [0, 0.05) is 18.2 Å². The quantitative estimate of drug-likeness (QED) is 0.651. The van der Waals surface area contributed by atoms with Crippen molar-refractivity contribution >= 4 is 0 Å². The van der Waals surface area contributed by atoms with Crippen molar-refractivity contribution in [3.05, 3.63) is 34.9 Å². The summed E-state index contributed by atoms with van der Waals surface area (Å²) in [4.78, 5) is 2.33. The van der Waals surface area contributed by atoms with Gasteiger partial charge < -0.3 is 28.4 Å². The highest BCUT2D eigenvalue weighted by atomic mass is 16.5. The fourth-order valence-corrected chi connectivity index (χ4v) is 4.21. The van der Waals surface area contributed by atoms with Crippen LogP contribution in [0.3, 0.4) is 0 Å². The van der Waals surface area contributed by atoms with Gasteiger partial charge in [-0.25, -0.2) is 0 Å². The van der Waals surface area contributed by atoms with Crippen LogP contribution in [0.4, 0.5) is 0 Å². The maximum atomic E-state index is 5.82. The summed E-state index contributed by atoms with van der Waals surface area (Å²) in [5, 5.41) is 0. The monoisotopic (exact) mass is 417 g/mol. The summed E-state index contributed by atoms with van der Waals surface area (Å²) >= 11 is 0. The second-order valence-electron chi connectivity index (χ2n) is 7.20. The Morgan fingerprint density at radius 2 is 1.27 bits per heavy atom. The van der Waals surface area contributed by atoms with E-state index >= 15 is 0 Å². The number of ether oxygens (including phenoxy) is 6. The third kappa shape index (κ3) is 3.81. The van der Waals surface area contributed by atoms with Crippen molar-refractivity contribution < 1.29 is 28.4 Å². The maximum absolute atomic E-state index is 5.82. The zero-order chi connectivity index (χ0) is 21.8. The third-order valence-electron chi connectivity index (χ3n) is 5.71. The number of benzene rings is 2. The van der Waals surface area contributed by atoms with Gasteiger partial charge in [0.05, 0.1) is 42.7 Å². The first-order chi connectivity index (χ1) is 14.5. The third-order valence-corrected chi connectivity index (χ3v) is 5.71. The first-order valence-corrected chi connectivity index (χ1v) is 9.83. The zero-order valence-electron chi connectivity index (χ0n) is 18.8. The van der Waals surface area contributed by atoms with Gasteiger partial charge in [0.2, 0.25) is 11.5 Å². The van der Waals surface area contributed by atoms with Crippen molar-refractivity contribution in [2.24, 2.45) is 0 Å². The molecule has 0 fully saturated rings. The molecule has 0 radical (unpaired) electrons. The summed E-state index contributed by atoms with van der Waals surface area (Å²) in [6.07, 6.45) is 1.65. The lowest BCUT2D eigenvalue weighted by Crippen LogP contribution is -2.34. The maximum Gasteiger partial charge on any atom is 0.203 e. The second kappa shape index (κ2) is 9.34. The molecule has 3 rings (SSSR count). The predicted molar refractivity (Wildman–Crippen MR) is 115 cm³/mol. The van der Waals surface area contributed by atoms with Crippen LogP contribution >= 0.6 is 0 Å². The van der Waals surface area contributed by atoms with Crippen LogP contribution in [0.2, 0.25) is 0 Å². The molecule has 7 nitrogen and oxygen atoms in total. The van der Waals surface area contributed by atoms with E-state index in [0.717, 1.165) is 36.3 Å². The van der Waals surface area contributed by atoms with Crippen molar-refractivity contribution in [3.8, 4) is 34.5 Å². The van der Waals surface area contributed by atoms with Gasteiger partial charge in [-0.3, -0.25) is 4.90 Å². The van der Waals surface area contributed by atoms with Crippen LogP contribution in [0.5, 0.6) is 34.5 Å². The van der Waals surface area contributed by atoms with Crippen LogP contribution in [0.1, 0.15) is 22.7 Å². The number of nitrogens with zero attached hydrogens (tertiary/aromatic N) is 1. The van der Waals surface area contributed by atoms with Crippen molar-refractivity contribution in [2.75, 3.05) is 56.3 Å². The van der Waals surface area contributed by atoms with Crippen LogP contribution in [-0.4, -0.2) is 61.2 Å². The SMILES string of the molecule is COc1cc(C[C@@H]2c3c(cc(OC)c(OC)c3OC)CCN2C)cc(OC)c1OC. The largest absolute Gasteiger partial charge is 0.493 e. The molecule has 0 N–H and O–H groups in total. The Morgan fingerprint density at radius 1 is 0.733 bits per heavy atom. The van der Waals surface area contributed by atoms with Crippen LogP contribution in [-0.2, 0) is 12.8 Å². The number of fused-ring (bicyclic) bond motifs is 1. The molecular formula is C23H31NO6. The summed E-state index contributed by atoms with van der Waals surface area (Å²) in [6, 6.07) is 6.14. The van der Waals surface area contributed by atoms with Gasteiger partial charge >= 0.3 is 0 Å². The molecule has 1 aliphatic rings. The average molecular weight is 418 g/mol. The van der Waals surface area contributed by atoms with E-state index in [1.54, 1.807) is 42.7 Å². The second-order valence-corrected chi connectivity index (χ2v) is 7.20. The van der Waals surface area contributed by atoms with E-state index in [0.29, 0.717) is 28.7 Å². The van der Waals surface area contributed by atoms with Crippen LogP contribution in [0.25, 0.3) is 0 Å². The van der Waals surface area contributed by atoms with Crippen molar-refractivity contribution in [1.82, 2.24) is 4.90 Å². The normalized spacial score (nSPS) is 15.9. The van der Waals surface area contributed by atoms with Crippen LogP contribution in [0.15, 0.2) is 18.2 Å². The van der Waals surface area contributed by atoms with Gasteiger partial charge in [0.1, 0.15) is 0 Å². The molecule has 0 aromatic heterocycles. The lowest BCUT2D eigenvalue weighted by atomic mass is 9.87. The first-order valence-electron chi connectivity index (χ1n) is 9.83. The Labute approximate surface area is 178 Å². The number of rotatable bonds is 8. The van der Waals surface area contributed by atoms with E-state index in [1.165, 1.54) is 5.56 Å². The molecule has 7 heteroatoms. The number of hydrogen-bond donors (Lipinski definition) is 0. The summed E-state index contributed by atoms with van der Waals surface area (Å²) < 4.78 is 33.5. The van der Waals surface area contributed by atoms with E-state index in [1.807, 2.05) is 12.1 Å². The fourth-order valence-electron chi connectivity index (χ4n) is 4.21. The summed E-state index contributed by atoms with van der Waals surface area (Å²) in [5.41, 5.74) is 3.41. The molecule has 1 atom stereocenters. The summed E-state index contributed by atoms with van der Waals surface area (Å²) in [5.74, 6) is 3.89. The highest BCUT2D eigenvalue weighted by molar-refractivity contribution is 5.61. The van der Waals surface area contributed by atoms with Gasteiger partial charge in [-0.05, 0) is 49.2 Å². The fraction of sp³-hybridized carbons (Fsp3) is 0.478. The molecule has 0 saturated carbocycles. The number of methoxy groups -OCH3 is 6. The molecule has 1 heterocycles. The van der Waals surface area contributed by atoms with Crippen molar-refractivity contribution in [1.29, 1.82) is 0 Å². The van der Waals surface area contributed by atoms with Gasteiger partial charge in [0.15, 0.2) is 23.0 Å². The van der Waals surface area contributed by atoms with Crippen molar-refractivity contribution in [3.63, 3.8) is 0 Å². The summed E-state index contributed by atoms with van der Waals surface area (Å²) in [7, 11) is 11.9. The van der Waals surface area contributed by atoms with E-state index < -0.39 is 0 Å². The molecule has 0 unspecified atom stereocenters. The minimum absolute atomic E-state index is 0.0892. The molecule has 0 bridgehead atoms. The van der Waals surface area contributed by atoms with Crippen LogP contribution in [0, 0.1) is 0 Å². The van der Waals surface area contributed by atoms with E-state index in [2.05, 4.69) is 18.0 Å². The minimum atomic E-state index is 0.0892. The van der Waals surface area contributed by atoms with E-state index in [4.69, 9.17) is 28.4 Å². The Morgan fingerprint density at radius 3 is 1.77 bits per heavy atom. The molecule has 0 saturated heterocycles. The molecular weight excluding hydrogens is 386 g/mol. The smallest absolute Gasteiger partial charge is 0.203 e. The number of likely N-dealkylation sites (N-methyl/N-ethyl adjacent to an activating group) is 1. The Hall–Kier alpha value is -2.80. The van der Waals surface area contributed by atoms with Gasteiger partial charge in [-0.1, -0.05) is 0 Å². The zero-order valence-corrected chi connectivity index (χ0v) is 18.8. The molecule has 0 aliphatic carbocycles. The highest BCUT2D eigenvalue weighted by Crippen LogP contribution is 2.48. The topological polar surface area (TPSA) is 58.6 Å². The standard InChI is InChI=1S/C23H31NO6/c1-24-9-8-15-13-19(27-4)22(29-6)23(30-7)20(15)16(24)10-14-11-17(25-2)21(28-5)18(12-14)26-3/h11-13,16H,8-10H2,1-7H3/t16-/m1/s1. The summed E-state index contributed by atoms with van der Waals surface area (Å²) in [6.45, 7) is 0.931. The molecule has 164 valence electrons. The van der Waals surface area contributed by atoms with Gasteiger partial charge in [-0.2, -0.15) is 0 Å².